The molecule has 3 heteroatoms. The molecule has 0 radical (unpaired) electrons. The molecule has 1 aliphatic rings. The number of fused-ring (bicyclic) bond motifs is 1. The Morgan fingerprint density at radius 2 is 2.13 bits per heavy atom. The Labute approximate surface area is 92.0 Å². The second-order valence-electron chi connectivity index (χ2n) is 3.36. The van der Waals surface area contributed by atoms with Crippen molar-refractivity contribution in [2.45, 2.75) is 6.10 Å². The average molecular weight is 215 g/mol. The van der Waals surface area contributed by atoms with Gasteiger partial charge in [-0.25, -0.2) is 0 Å². The molecule has 0 N–H and O–H groups in total. The fraction of sp³-hybridized carbons (Fsp3) is 0.0833. The molecule has 15 heavy (non-hydrogen) atoms. The Kier molecular flexibility index (Phi) is 2.03. The van der Waals surface area contributed by atoms with Gasteiger partial charge in [0, 0.05) is 10.9 Å². The maximum absolute atomic E-state index is 5.83. The lowest BCUT2D eigenvalue weighted by Gasteiger charge is -2.19. The van der Waals surface area contributed by atoms with Crippen LogP contribution in [0.1, 0.15) is 17.4 Å². The first kappa shape index (κ1) is 8.68. The minimum Gasteiger partial charge on any atom is -0.479 e. The van der Waals surface area contributed by atoms with Crippen molar-refractivity contribution >= 4 is 17.6 Å². The van der Waals surface area contributed by atoms with Crippen molar-refractivity contribution in [2.24, 2.45) is 0 Å². The van der Waals surface area contributed by atoms with Crippen LogP contribution in [0, 0.1) is 0 Å². The number of aromatic nitrogens is 1. The first-order chi connectivity index (χ1) is 7.43. The monoisotopic (exact) mass is 215 g/mol. The summed E-state index contributed by atoms with van der Waals surface area (Å²) in [4.78, 5) is 0. The van der Waals surface area contributed by atoms with Gasteiger partial charge in [0.1, 0.15) is 5.75 Å². The molecular weight excluding hydrogens is 206 g/mol. The van der Waals surface area contributed by atoms with Crippen molar-refractivity contribution in [1.29, 1.82) is 0 Å². The van der Waals surface area contributed by atoms with Crippen LogP contribution in [0.15, 0.2) is 41.8 Å². The molecule has 1 unspecified atom stereocenters. The van der Waals surface area contributed by atoms with E-state index in [1.807, 2.05) is 41.8 Å². The Morgan fingerprint density at radius 3 is 3.00 bits per heavy atom. The van der Waals surface area contributed by atoms with Gasteiger partial charge in [0.15, 0.2) is 6.10 Å². The van der Waals surface area contributed by atoms with E-state index in [4.69, 9.17) is 4.74 Å². The van der Waals surface area contributed by atoms with E-state index in [9.17, 15) is 0 Å². The normalized spacial score (nSPS) is 18.3. The summed E-state index contributed by atoms with van der Waals surface area (Å²) in [6.45, 7) is 0. The largest absolute Gasteiger partial charge is 0.479 e. The van der Waals surface area contributed by atoms with Crippen LogP contribution in [-0.4, -0.2) is 4.37 Å². The van der Waals surface area contributed by atoms with E-state index in [0.29, 0.717) is 0 Å². The van der Waals surface area contributed by atoms with Gasteiger partial charge < -0.3 is 4.74 Å². The molecule has 0 saturated carbocycles. The first-order valence-corrected chi connectivity index (χ1v) is 5.61. The Balaban J connectivity index is 1.96. The lowest BCUT2D eigenvalue weighted by Crippen LogP contribution is -2.08. The van der Waals surface area contributed by atoms with Gasteiger partial charge in [-0.2, -0.15) is 4.37 Å². The molecule has 2 nitrogen and oxygen atoms in total. The second kappa shape index (κ2) is 3.51. The molecule has 1 aliphatic heterocycles. The highest BCUT2D eigenvalue weighted by Crippen LogP contribution is 2.31. The molecule has 2 heterocycles. The summed E-state index contributed by atoms with van der Waals surface area (Å²) in [5.41, 5.74) is 2.11. The quantitative estimate of drug-likeness (QED) is 0.728. The molecule has 1 aromatic heterocycles. The summed E-state index contributed by atoms with van der Waals surface area (Å²) >= 11 is 1.45. The van der Waals surface area contributed by atoms with Gasteiger partial charge in [0.05, 0.1) is 5.69 Å². The van der Waals surface area contributed by atoms with Gasteiger partial charge in [-0.3, -0.25) is 0 Å². The number of ether oxygens (including phenoxy) is 1. The minimum atomic E-state index is -0.0360. The Hall–Kier alpha value is -1.61. The van der Waals surface area contributed by atoms with Crippen LogP contribution in [0.25, 0.3) is 6.08 Å². The molecule has 1 aromatic carbocycles. The fourth-order valence-corrected chi connectivity index (χ4v) is 2.17. The summed E-state index contributed by atoms with van der Waals surface area (Å²) in [7, 11) is 0. The Bertz CT molecular complexity index is 490. The van der Waals surface area contributed by atoms with Crippen LogP contribution in [0.4, 0.5) is 0 Å². The van der Waals surface area contributed by atoms with Gasteiger partial charge in [-0.15, -0.1) is 0 Å². The molecule has 0 bridgehead atoms. The van der Waals surface area contributed by atoms with Crippen LogP contribution >= 0.6 is 11.5 Å². The van der Waals surface area contributed by atoms with Crippen LogP contribution in [0.2, 0.25) is 0 Å². The van der Waals surface area contributed by atoms with Crippen LogP contribution in [-0.2, 0) is 0 Å². The Morgan fingerprint density at radius 1 is 1.20 bits per heavy atom. The third kappa shape index (κ3) is 1.55. The van der Waals surface area contributed by atoms with Crippen molar-refractivity contribution in [3.8, 4) is 5.75 Å². The number of hydrogen-bond donors (Lipinski definition) is 0. The van der Waals surface area contributed by atoms with Crippen LogP contribution in [0.3, 0.4) is 0 Å². The van der Waals surface area contributed by atoms with Gasteiger partial charge in [-0.1, -0.05) is 24.3 Å². The minimum absolute atomic E-state index is 0.0360. The summed E-state index contributed by atoms with van der Waals surface area (Å²) in [5, 5.41) is 1.97. The first-order valence-electron chi connectivity index (χ1n) is 4.78. The zero-order valence-corrected chi connectivity index (χ0v) is 8.78. The van der Waals surface area contributed by atoms with Gasteiger partial charge in [0.25, 0.3) is 0 Å². The standard InChI is InChI=1S/C12H9NOS/c1-2-4-11-9(3-1)5-6-12(14-11)10-7-8-15-13-10/h1-8,12H. The number of hydrogen-bond acceptors (Lipinski definition) is 3. The zero-order valence-electron chi connectivity index (χ0n) is 7.96. The van der Waals surface area contributed by atoms with E-state index in [2.05, 4.69) is 10.4 Å². The molecule has 2 aromatic rings. The topological polar surface area (TPSA) is 22.1 Å². The summed E-state index contributed by atoms with van der Waals surface area (Å²) in [5.74, 6) is 0.929. The van der Waals surface area contributed by atoms with E-state index in [1.54, 1.807) is 0 Å². The molecule has 0 saturated heterocycles. The van der Waals surface area contributed by atoms with Crippen molar-refractivity contribution in [3.63, 3.8) is 0 Å². The SMILES string of the molecule is C1=CC(c2ccsn2)Oc2ccccc21. The van der Waals surface area contributed by atoms with Crippen molar-refractivity contribution in [2.75, 3.05) is 0 Å². The molecule has 0 fully saturated rings. The lowest BCUT2D eigenvalue weighted by molar-refractivity contribution is 0.248. The van der Waals surface area contributed by atoms with Gasteiger partial charge in [-0.05, 0) is 29.7 Å². The number of benzene rings is 1. The van der Waals surface area contributed by atoms with Crippen molar-refractivity contribution in [3.05, 3.63) is 53.0 Å². The average Bonchev–Trinajstić information content (AvgIpc) is 2.82. The molecule has 0 spiro atoms. The third-order valence-corrected chi connectivity index (χ3v) is 2.95. The predicted molar refractivity (Wildman–Crippen MR) is 61.0 cm³/mol. The molecule has 0 aliphatic carbocycles. The second-order valence-corrected chi connectivity index (χ2v) is 4.03. The van der Waals surface area contributed by atoms with Crippen molar-refractivity contribution in [1.82, 2.24) is 4.37 Å². The van der Waals surface area contributed by atoms with Crippen LogP contribution < -0.4 is 4.74 Å². The molecule has 74 valence electrons. The number of nitrogens with zero attached hydrogens (tertiary/aromatic N) is 1. The number of rotatable bonds is 1. The van der Waals surface area contributed by atoms with E-state index < -0.39 is 0 Å². The molecule has 3 rings (SSSR count). The molecule has 1 atom stereocenters. The maximum atomic E-state index is 5.83. The van der Waals surface area contributed by atoms with Crippen molar-refractivity contribution < 1.29 is 4.74 Å². The summed E-state index contributed by atoms with van der Waals surface area (Å²) in [6.07, 6.45) is 4.09. The molecule has 0 amide bonds. The highest BCUT2D eigenvalue weighted by atomic mass is 32.1. The zero-order chi connectivity index (χ0) is 10.1. The lowest BCUT2D eigenvalue weighted by atomic mass is 10.1. The summed E-state index contributed by atoms with van der Waals surface area (Å²) in [6, 6.07) is 10.0. The van der Waals surface area contributed by atoms with Gasteiger partial charge in [0.2, 0.25) is 0 Å². The molecular formula is C12H9NOS. The van der Waals surface area contributed by atoms with E-state index in [1.165, 1.54) is 11.5 Å². The van der Waals surface area contributed by atoms with E-state index in [0.717, 1.165) is 17.0 Å². The van der Waals surface area contributed by atoms with E-state index >= 15 is 0 Å². The number of para-hydroxylation sites is 1. The van der Waals surface area contributed by atoms with Crippen LogP contribution in [0.5, 0.6) is 5.75 Å². The maximum Gasteiger partial charge on any atom is 0.160 e. The van der Waals surface area contributed by atoms with E-state index in [-0.39, 0.29) is 6.10 Å². The predicted octanol–water partition coefficient (Wildman–Crippen LogP) is 3.29. The highest BCUT2D eigenvalue weighted by Gasteiger charge is 2.17. The fourth-order valence-electron chi connectivity index (χ4n) is 1.62. The highest BCUT2D eigenvalue weighted by molar-refractivity contribution is 7.03. The van der Waals surface area contributed by atoms with Gasteiger partial charge >= 0.3 is 0 Å². The third-order valence-electron chi connectivity index (χ3n) is 2.37. The smallest absolute Gasteiger partial charge is 0.160 e. The summed E-state index contributed by atoms with van der Waals surface area (Å²) < 4.78 is 10.1.